The van der Waals surface area contributed by atoms with Crippen molar-refractivity contribution in [3.8, 4) is 16.2 Å². The fraction of sp³-hybridized carbons (Fsp3) is 0.148. The van der Waals surface area contributed by atoms with Gasteiger partial charge in [-0.2, -0.15) is 0 Å². The third-order valence-electron chi connectivity index (χ3n) is 5.72. The van der Waals surface area contributed by atoms with Crippen LogP contribution in [0.4, 0.5) is 10.1 Å². The van der Waals surface area contributed by atoms with Crippen molar-refractivity contribution in [2.24, 2.45) is 0 Å². The predicted molar refractivity (Wildman–Crippen MR) is 140 cm³/mol. The first-order valence-electron chi connectivity index (χ1n) is 11.3. The topological polar surface area (TPSA) is 126 Å². The molecule has 2 heterocycles. The normalized spacial score (nSPS) is 11.7. The first-order valence-corrected chi connectivity index (χ1v) is 12.1. The van der Waals surface area contributed by atoms with Gasteiger partial charge in [0, 0.05) is 23.8 Å². The van der Waals surface area contributed by atoms with E-state index in [2.05, 4.69) is 15.6 Å². The number of phenols is 1. The molecule has 0 fully saturated rings. The van der Waals surface area contributed by atoms with Gasteiger partial charge in [-0.15, -0.1) is 11.3 Å². The molecular formula is C27H27FN5O2S+. The van der Waals surface area contributed by atoms with Gasteiger partial charge in [0.05, 0.1) is 34.2 Å². The van der Waals surface area contributed by atoms with Crippen LogP contribution in [0.1, 0.15) is 38.8 Å². The Labute approximate surface area is 212 Å². The highest BCUT2D eigenvalue weighted by Gasteiger charge is 2.27. The summed E-state index contributed by atoms with van der Waals surface area (Å²) in [5.41, 5.74) is 9.25. The van der Waals surface area contributed by atoms with Gasteiger partial charge in [-0.1, -0.05) is 30.3 Å². The van der Waals surface area contributed by atoms with Crippen molar-refractivity contribution < 1.29 is 19.7 Å². The number of nitrogens with two attached hydrogens (primary N) is 2. The van der Waals surface area contributed by atoms with Crippen LogP contribution in [0.25, 0.3) is 10.4 Å². The fourth-order valence-electron chi connectivity index (χ4n) is 4.01. The van der Waals surface area contributed by atoms with Gasteiger partial charge in [-0.3, -0.25) is 15.2 Å². The number of nitrogens with zero attached hydrogens (tertiary/aromatic N) is 1. The molecule has 7 N–H and O–H groups in total. The number of benzene rings is 2. The van der Waals surface area contributed by atoms with Crippen LogP contribution in [0.15, 0.2) is 73.1 Å². The summed E-state index contributed by atoms with van der Waals surface area (Å²) in [6, 6.07) is 16.3. The average Bonchev–Trinajstić information content (AvgIpc) is 3.35. The lowest BCUT2D eigenvalue weighted by Crippen LogP contribution is -2.43. The predicted octanol–water partition coefficient (Wildman–Crippen LogP) is 3.07. The second-order valence-corrected chi connectivity index (χ2v) is 9.37. The number of hydrogen-bond donors (Lipinski definition) is 5. The van der Waals surface area contributed by atoms with E-state index in [4.69, 9.17) is 11.1 Å². The molecule has 0 saturated heterocycles. The number of pyridine rings is 1. The molecule has 2 aromatic carbocycles. The van der Waals surface area contributed by atoms with Gasteiger partial charge in [-0.05, 0) is 48.5 Å². The Hall–Kier alpha value is -4.08. The molecule has 184 valence electrons. The quantitative estimate of drug-likeness (QED) is 0.224. The van der Waals surface area contributed by atoms with Crippen molar-refractivity contribution >= 4 is 28.6 Å². The van der Waals surface area contributed by atoms with E-state index < -0.39 is 17.8 Å². The Bertz CT molecular complexity index is 1380. The van der Waals surface area contributed by atoms with Crippen molar-refractivity contribution in [2.75, 3.05) is 12.8 Å². The Morgan fingerprint density at radius 2 is 1.97 bits per heavy atom. The number of halogens is 1. The summed E-state index contributed by atoms with van der Waals surface area (Å²) < 4.78 is 14.8. The van der Waals surface area contributed by atoms with Gasteiger partial charge in [-0.25, -0.2) is 4.39 Å². The summed E-state index contributed by atoms with van der Waals surface area (Å²) in [4.78, 5) is 18.7. The maximum atomic E-state index is 14.8. The molecule has 0 radical (unpaired) electrons. The van der Waals surface area contributed by atoms with Crippen LogP contribution in [0.2, 0.25) is 0 Å². The second-order valence-electron chi connectivity index (χ2n) is 8.29. The number of amides is 1. The van der Waals surface area contributed by atoms with Gasteiger partial charge >= 0.3 is 0 Å². The number of rotatable bonds is 9. The molecule has 9 heteroatoms. The van der Waals surface area contributed by atoms with Crippen LogP contribution >= 0.6 is 11.3 Å². The number of nitrogens with one attached hydrogen (secondary N) is 2. The van der Waals surface area contributed by atoms with E-state index in [1.165, 1.54) is 35.7 Å². The standard InChI is InChI=1S/C27H26FN5O2S/c1-31-13-16-5-2-3-6-19(16)24-9-10-25(36-24)27(35)33-22(26-20(28)7-4-8-23(26)34)12-21(30)17-11-18(29)15-32-14-17/h2-11,14-15,22,30-31,34H,12-13,29H2,1H3,(H,33,35)/p+1. The van der Waals surface area contributed by atoms with E-state index in [0.717, 1.165) is 16.0 Å². The Balaban J connectivity index is 1.62. The molecule has 0 bridgehead atoms. The Kier molecular flexibility index (Phi) is 7.72. The largest absolute Gasteiger partial charge is 0.507 e. The zero-order chi connectivity index (χ0) is 25.7. The van der Waals surface area contributed by atoms with Crippen LogP contribution in [-0.2, 0) is 6.54 Å². The van der Waals surface area contributed by atoms with Crippen molar-refractivity contribution in [3.63, 3.8) is 0 Å². The van der Waals surface area contributed by atoms with E-state index >= 15 is 0 Å². The lowest BCUT2D eigenvalue weighted by molar-refractivity contribution is -0.115. The molecule has 7 nitrogen and oxygen atoms in total. The minimum atomic E-state index is -0.928. The highest BCUT2D eigenvalue weighted by molar-refractivity contribution is 7.17. The van der Waals surface area contributed by atoms with Gasteiger partial charge in [0.15, 0.2) is 5.71 Å². The van der Waals surface area contributed by atoms with Gasteiger partial charge in [0.25, 0.3) is 5.91 Å². The van der Waals surface area contributed by atoms with Crippen LogP contribution in [-0.4, -0.2) is 28.8 Å². The number of carbonyl (C=O) groups excluding carboxylic acids is 1. The first kappa shape index (κ1) is 25.0. The summed E-state index contributed by atoms with van der Waals surface area (Å²) in [5, 5.41) is 22.7. The molecule has 0 aliphatic rings. The summed E-state index contributed by atoms with van der Waals surface area (Å²) in [6.07, 6.45) is 3.07. The highest BCUT2D eigenvalue weighted by atomic mass is 32.1. The zero-order valence-corrected chi connectivity index (χ0v) is 20.5. The molecule has 1 unspecified atom stereocenters. The minimum absolute atomic E-state index is 0.0363. The molecule has 2 aromatic heterocycles. The maximum Gasteiger partial charge on any atom is 0.261 e. The van der Waals surface area contributed by atoms with E-state index in [0.29, 0.717) is 28.4 Å². The SMILES string of the molecule is CNCc1ccccc1-c1ccc(C(=O)NC(CC(=[NH2+])c2cncc(N)c2)c2c(O)cccc2F)s1. The molecule has 1 amide bonds. The fourth-order valence-corrected chi connectivity index (χ4v) is 4.98. The maximum absolute atomic E-state index is 14.8. The van der Waals surface area contributed by atoms with Crippen LogP contribution in [0.3, 0.4) is 0 Å². The minimum Gasteiger partial charge on any atom is -0.507 e. The van der Waals surface area contributed by atoms with Gasteiger partial charge < -0.3 is 21.5 Å². The number of nitrogen functional groups attached to an aromatic ring is 1. The number of anilines is 1. The van der Waals surface area contributed by atoms with Crippen LogP contribution in [0, 0.1) is 5.82 Å². The third kappa shape index (κ3) is 5.59. The molecule has 4 rings (SSSR count). The van der Waals surface area contributed by atoms with E-state index in [-0.39, 0.29) is 17.7 Å². The highest BCUT2D eigenvalue weighted by Crippen LogP contribution is 2.33. The molecule has 4 aromatic rings. The van der Waals surface area contributed by atoms with Crippen molar-refractivity contribution in [3.05, 3.63) is 100 Å². The average molecular weight is 505 g/mol. The lowest BCUT2D eigenvalue weighted by Gasteiger charge is -2.19. The van der Waals surface area contributed by atoms with E-state index in [1.54, 1.807) is 18.3 Å². The summed E-state index contributed by atoms with van der Waals surface area (Å²) in [7, 11) is 1.88. The van der Waals surface area contributed by atoms with E-state index in [1.807, 2.05) is 37.4 Å². The summed E-state index contributed by atoms with van der Waals surface area (Å²) in [5.74, 6) is -1.32. The first-order chi connectivity index (χ1) is 17.4. The Morgan fingerprint density at radius 1 is 1.17 bits per heavy atom. The van der Waals surface area contributed by atoms with Gasteiger partial charge in [0.2, 0.25) is 0 Å². The second kappa shape index (κ2) is 11.1. The van der Waals surface area contributed by atoms with Crippen molar-refractivity contribution in [2.45, 2.75) is 19.0 Å². The molecule has 0 aliphatic carbocycles. The summed E-state index contributed by atoms with van der Waals surface area (Å²) in [6.45, 7) is 0.693. The van der Waals surface area contributed by atoms with Crippen molar-refractivity contribution in [1.82, 2.24) is 15.6 Å². The third-order valence-corrected chi connectivity index (χ3v) is 6.84. The lowest BCUT2D eigenvalue weighted by atomic mass is 9.96. The Morgan fingerprint density at radius 3 is 2.72 bits per heavy atom. The molecule has 0 saturated carbocycles. The van der Waals surface area contributed by atoms with Crippen LogP contribution < -0.4 is 21.8 Å². The number of aromatic hydroxyl groups is 1. The number of carbonyl (C=O) groups is 1. The number of hydrogen-bond acceptors (Lipinski definition) is 6. The number of aromatic nitrogens is 1. The van der Waals surface area contributed by atoms with E-state index in [9.17, 15) is 14.3 Å². The molecule has 36 heavy (non-hydrogen) atoms. The molecule has 1 atom stereocenters. The molecular weight excluding hydrogens is 477 g/mol. The molecule has 0 aliphatic heterocycles. The monoisotopic (exact) mass is 504 g/mol. The smallest absolute Gasteiger partial charge is 0.261 e. The zero-order valence-electron chi connectivity index (χ0n) is 19.7. The number of thiophene rings is 1. The van der Waals surface area contributed by atoms with Crippen molar-refractivity contribution in [1.29, 1.82) is 0 Å². The van der Waals surface area contributed by atoms with Crippen LogP contribution in [0.5, 0.6) is 5.75 Å². The number of phenolic OH excluding ortho intramolecular Hbond substituents is 1. The van der Waals surface area contributed by atoms with Gasteiger partial charge in [0.1, 0.15) is 11.6 Å². The molecule has 0 spiro atoms. The summed E-state index contributed by atoms with van der Waals surface area (Å²) >= 11 is 1.34.